The predicted octanol–water partition coefficient (Wildman–Crippen LogP) is 1.16. The first kappa shape index (κ1) is 15.4. The first-order valence-electron chi connectivity index (χ1n) is 6.32. The fraction of sp³-hybridized carbons (Fsp3) is 0.583. The number of piperidine rings is 1. The van der Waals surface area contributed by atoms with Crippen LogP contribution < -0.4 is 0 Å². The van der Waals surface area contributed by atoms with Gasteiger partial charge in [0.2, 0.25) is 0 Å². The second kappa shape index (κ2) is 5.80. The van der Waals surface area contributed by atoms with Crippen molar-refractivity contribution in [3.05, 3.63) is 17.0 Å². The molecule has 1 aliphatic heterocycles. The molecular weight excluding hydrogens is 300 g/mol. The minimum absolute atomic E-state index is 0.0217. The van der Waals surface area contributed by atoms with Crippen molar-refractivity contribution in [2.45, 2.75) is 23.1 Å². The summed E-state index contributed by atoms with van der Waals surface area (Å²) in [5.41, 5.74) is 0. The van der Waals surface area contributed by atoms with Gasteiger partial charge in [-0.2, -0.15) is 4.31 Å². The Balaban J connectivity index is 2.18. The SMILES string of the molecule is CN1CCC(N(C)S(=O)(=O)c2ccc(C(=O)O)s2)CC1. The van der Waals surface area contributed by atoms with Gasteiger partial charge in [0.05, 0.1) is 0 Å². The van der Waals surface area contributed by atoms with E-state index in [0.29, 0.717) is 0 Å². The molecule has 2 rings (SSSR count). The van der Waals surface area contributed by atoms with Gasteiger partial charge in [-0.15, -0.1) is 11.3 Å². The third-order valence-corrected chi connectivity index (χ3v) is 7.08. The normalized spacial score (nSPS) is 18.6. The van der Waals surface area contributed by atoms with Crippen LogP contribution in [0.1, 0.15) is 22.5 Å². The lowest BCUT2D eigenvalue weighted by atomic mass is 10.1. The maximum absolute atomic E-state index is 12.5. The van der Waals surface area contributed by atoms with Gasteiger partial charge >= 0.3 is 5.97 Å². The molecule has 1 aliphatic rings. The van der Waals surface area contributed by atoms with E-state index in [2.05, 4.69) is 4.90 Å². The van der Waals surface area contributed by atoms with Gasteiger partial charge in [-0.25, -0.2) is 13.2 Å². The molecule has 6 nitrogen and oxygen atoms in total. The molecule has 1 aromatic rings. The zero-order valence-electron chi connectivity index (χ0n) is 11.4. The molecule has 0 atom stereocenters. The van der Waals surface area contributed by atoms with Crippen LogP contribution in [0.3, 0.4) is 0 Å². The second-order valence-corrected chi connectivity index (χ2v) is 8.29. The Morgan fingerprint density at radius 3 is 2.50 bits per heavy atom. The fourth-order valence-corrected chi connectivity index (χ4v) is 5.02. The highest BCUT2D eigenvalue weighted by Gasteiger charge is 2.31. The number of sulfonamides is 1. The van der Waals surface area contributed by atoms with Crippen molar-refractivity contribution in [2.24, 2.45) is 0 Å². The molecule has 8 heteroatoms. The monoisotopic (exact) mass is 318 g/mol. The Hall–Kier alpha value is -0.960. The van der Waals surface area contributed by atoms with Crippen molar-refractivity contribution in [2.75, 3.05) is 27.2 Å². The van der Waals surface area contributed by atoms with Crippen LogP contribution >= 0.6 is 11.3 Å². The smallest absolute Gasteiger partial charge is 0.345 e. The lowest BCUT2D eigenvalue weighted by molar-refractivity contribution is 0.0702. The van der Waals surface area contributed by atoms with E-state index in [9.17, 15) is 13.2 Å². The van der Waals surface area contributed by atoms with Gasteiger partial charge in [0, 0.05) is 13.1 Å². The lowest BCUT2D eigenvalue weighted by Gasteiger charge is -2.34. The van der Waals surface area contributed by atoms with E-state index >= 15 is 0 Å². The molecule has 0 bridgehead atoms. The maximum Gasteiger partial charge on any atom is 0.345 e. The Labute approximate surface area is 122 Å². The van der Waals surface area contributed by atoms with Crippen LogP contribution in [0, 0.1) is 0 Å². The van der Waals surface area contributed by atoms with E-state index in [1.807, 2.05) is 7.05 Å². The summed E-state index contributed by atoms with van der Waals surface area (Å²) in [6, 6.07) is 2.68. The van der Waals surface area contributed by atoms with Crippen LogP contribution in [-0.2, 0) is 10.0 Å². The largest absolute Gasteiger partial charge is 0.477 e. The molecule has 20 heavy (non-hydrogen) atoms. The predicted molar refractivity (Wildman–Crippen MR) is 76.7 cm³/mol. The molecule has 0 aromatic carbocycles. The zero-order chi connectivity index (χ0) is 14.9. The van der Waals surface area contributed by atoms with Crippen molar-refractivity contribution in [1.82, 2.24) is 9.21 Å². The third kappa shape index (κ3) is 3.03. The Kier molecular flexibility index (Phi) is 4.48. The summed E-state index contributed by atoms with van der Waals surface area (Å²) in [5.74, 6) is -1.10. The summed E-state index contributed by atoms with van der Waals surface area (Å²) in [7, 11) is -0.00690. The Morgan fingerprint density at radius 2 is 2.00 bits per heavy atom. The molecule has 1 aromatic heterocycles. The average Bonchev–Trinajstić information content (AvgIpc) is 2.89. The molecular formula is C12H18N2O4S2. The van der Waals surface area contributed by atoms with E-state index in [1.165, 1.54) is 16.4 Å². The summed E-state index contributed by atoms with van der Waals surface area (Å²) < 4.78 is 26.4. The summed E-state index contributed by atoms with van der Waals surface area (Å²) in [5, 5.41) is 8.88. The number of hydrogen-bond donors (Lipinski definition) is 1. The standard InChI is InChI=1S/C12H18N2O4S2/c1-13-7-5-9(6-8-13)14(2)20(17,18)11-4-3-10(19-11)12(15)16/h3-4,9H,5-8H2,1-2H3,(H,15,16). The van der Waals surface area contributed by atoms with Gasteiger partial charge in [0.15, 0.2) is 0 Å². The summed E-state index contributed by atoms with van der Waals surface area (Å²) in [6.07, 6.45) is 1.59. The molecule has 1 fully saturated rings. The lowest BCUT2D eigenvalue weighted by Crippen LogP contribution is -2.44. The second-order valence-electron chi connectivity index (χ2n) is 4.98. The number of carboxylic acid groups (broad SMARTS) is 1. The number of likely N-dealkylation sites (tertiary alicyclic amines) is 1. The fourth-order valence-electron chi connectivity index (χ4n) is 2.27. The highest BCUT2D eigenvalue weighted by atomic mass is 32.2. The van der Waals surface area contributed by atoms with Crippen LogP contribution in [0.2, 0.25) is 0 Å². The third-order valence-electron chi connectivity index (χ3n) is 3.63. The molecule has 0 radical (unpaired) electrons. The summed E-state index contributed by atoms with van der Waals surface area (Å²) in [4.78, 5) is 13.1. The van der Waals surface area contributed by atoms with Gasteiger partial charge < -0.3 is 10.0 Å². The van der Waals surface area contributed by atoms with E-state index in [0.717, 1.165) is 37.3 Å². The van der Waals surface area contributed by atoms with Crippen molar-refractivity contribution < 1.29 is 18.3 Å². The van der Waals surface area contributed by atoms with Gasteiger partial charge in [0.1, 0.15) is 9.09 Å². The molecule has 0 saturated carbocycles. The van der Waals surface area contributed by atoms with Crippen LogP contribution in [0.5, 0.6) is 0 Å². The number of rotatable bonds is 4. The minimum atomic E-state index is -3.60. The Morgan fingerprint density at radius 1 is 1.40 bits per heavy atom. The highest BCUT2D eigenvalue weighted by Crippen LogP contribution is 2.27. The van der Waals surface area contributed by atoms with Gasteiger partial charge in [-0.05, 0) is 45.1 Å². The maximum atomic E-state index is 12.5. The van der Waals surface area contributed by atoms with Crippen molar-refractivity contribution in [3.63, 3.8) is 0 Å². The molecule has 1 N–H and O–H groups in total. The zero-order valence-corrected chi connectivity index (χ0v) is 13.1. The minimum Gasteiger partial charge on any atom is -0.477 e. The summed E-state index contributed by atoms with van der Waals surface area (Å²) in [6.45, 7) is 1.74. The van der Waals surface area contributed by atoms with E-state index in [1.54, 1.807) is 7.05 Å². The first-order valence-corrected chi connectivity index (χ1v) is 8.57. The van der Waals surface area contributed by atoms with Crippen molar-refractivity contribution in [1.29, 1.82) is 0 Å². The quantitative estimate of drug-likeness (QED) is 0.901. The van der Waals surface area contributed by atoms with Crippen molar-refractivity contribution >= 4 is 27.3 Å². The topological polar surface area (TPSA) is 77.9 Å². The molecule has 0 spiro atoms. The number of carbonyl (C=O) groups is 1. The van der Waals surface area contributed by atoms with Crippen LogP contribution in [0.25, 0.3) is 0 Å². The van der Waals surface area contributed by atoms with Crippen LogP contribution in [-0.4, -0.2) is 61.9 Å². The van der Waals surface area contributed by atoms with Gasteiger partial charge in [0.25, 0.3) is 10.0 Å². The number of nitrogens with zero attached hydrogens (tertiary/aromatic N) is 2. The Bertz CT molecular complexity index is 588. The van der Waals surface area contributed by atoms with E-state index in [4.69, 9.17) is 5.11 Å². The number of thiophene rings is 1. The highest BCUT2D eigenvalue weighted by molar-refractivity contribution is 7.91. The van der Waals surface area contributed by atoms with Gasteiger partial charge in [-0.3, -0.25) is 0 Å². The molecule has 112 valence electrons. The molecule has 0 aliphatic carbocycles. The van der Waals surface area contributed by atoms with E-state index in [-0.39, 0.29) is 15.1 Å². The molecule has 2 heterocycles. The number of hydrogen-bond acceptors (Lipinski definition) is 5. The first-order chi connectivity index (χ1) is 9.32. The van der Waals surface area contributed by atoms with Crippen molar-refractivity contribution in [3.8, 4) is 0 Å². The average molecular weight is 318 g/mol. The van der Waals surface area contributed by atoms with Gasteiger partial charge in [-0.1, -0.05) is 0 Å². The van der Waals surface area contributed by atoms with Crippen LogP contribution in [0.4, 0.5) is 0 Å². The number of aromatic carboxylic acids is 1. The summed E-state index contributed by atoms with van der Waals surface area (Å²) >= 11 is 0.801. The molecule has 0 amide bonds. The molecule has 1 saturated heterocycles. The molecule has 0 unspecified atom stereocenters. The van der Waals surface area contributed by atoms with Crippen LogP contribution in [0.15, 0.2) is 16.3 Å². The van der Waals surface area contributed by atoms with E-state index < -0.39 is 16.0 Å². The number of carboxylic acids is 1.